The van der Waals surface area contributed by atoms with Gasteiger partial charge in [-0.3, -0.25) is 4.79 Å². The van der Waals surface area contributed by atoms with Gasteiger partial charge in [0.1, 0.15) is 11.5 Å². The Labute approximate surface area is 112 Å². The largest absolute Gasteiger partial charge is 0.287 e. The summed E-state index contributed by atoms with van der Waals surface area (Å²) in [5, 5.41) is 0. The zero-order valence-electron chi connectivity index (χ0n) is 11.1. The average Bonchev–Trinajstić information content (AvgIpc) is 2.38. The lowest BCUT2D eigenvalue weighted by atomic mass is 9.99. The zero-order valence-corrected chi connectivity index (χ0v) is 11.1. The van der Waals surface area contributed by atoms with Gasteiger partial charge in [0.25, 0.3) is 0 Å². The molecule has 0 radical (unpaired) electrons. The van der Waals surface area contributed by atoms with Crippen molar-refractivity contribution in [3.8, 4) is 0 Å². The molecule has 0 saturated heterocycles. The van der Waals surface area contributed by atoms with Crippen LogP contribution in [-0.2, 0) is 6.42 Å². The molecule has 0 unspecified atom stereocenters. The summed E-state index contributed by atoms with van der Waals surface area (Å²) >= 11 is 0. The molecular formula is C16H16FNO. The number of hydrogen-bond acceptors (Lipinski definition) is 2. The lowest BCUT2D eigenvalue weighted by Crippen LogP contribution is -2.05. The van der Waals surface area contributed by atoms with Crippen molar-refractivity contribution in [2.45, 2.75) is 20.3 Å². The van der Waals surface area contributed by atoms with E-state index in [2.05, 4.69) is 18.8 Å². The van der Waals surface area contributed by atoms with Crippen LogP contribution in [0.15, 0.2) is 42.6 Å². The number of carbonyl (C=O) groups is 1. The maximum absolute atomic E-state index is 12.8. The first kappa shape index (κ1) is 13.4. The molecule has 3 heteroatoms. The molecule has 0 fully saturated rings. The smallest absolute Gasteiger partial charge is 0.211 e. The van der Waals surface area contributed by atoms with Gasteiger partial charge in [0.15, 0.2) is 0 Å². The molecule has 19 heavy (non-hydrogen) atoms. The highest BCUT2D eigenvalue weighted by Crippen LogP contribution is 2.13. The van der Waals surface area contributed by atoms with Crippen molar-refractivity contribution in [1.82, 2.24) is 4.98 Å². The number of aromatic nitrogens is 1. The predicted octanol–water partition coefficient (Wildman–Crippen LogP) is 3.65. The number of halogens is 1. The third kappa shape index (κ3) is 3.47. The van der Waals surface area contributed by atoms with E-state index in [0.29, 0.717) is 11.5 Å². The molecule has 0 spiro atoms. The van der Waals surface area contributed by atoms with Crippen molar-refractivity contribution < 1.29 is 9.18 Å². The van der Waals surface area contributed by atoms with Gasteiger partial charge < -0.3 is 0 Å². The maximum atomic E-state index is 12.8. The van der Waals surface area contributed by atoms with Gasteiger partial charge in [0.2, 0.25) is 5.78 Å². The van der Waals surface area contributed by atoms with E-state index in [4.69, 9.17) is 0 Å². The predicted molar refractivity (Wildman–Crippen MR) is 72.6 cm³/mol. The summed E-state index contributed by atoms with van der Waals surface area (Å²) in [6.07, 6.45) is 1.99. The van der Waals surface area contributed by atoms with E-state index in [1.807, 2.05) is 18.2 Å². The van der Waals surface area contributed by atoms with Crippen molar-refractivity contribution in [2.75, 3.05) is 0 Å². The van der Waals surface area contributed by atoms with Gasteiger partial charge in [-0.1, -0.05) is 32.0 Å². The Morgan fingerprint density at radius 1 is 1.26 bits per heavy atom. The molecule has 0 N–H and O–H groups in total. The second kappa shape index (κ2) is 5.74. The normalized spacial score (nSPS) is 10.7. The molecule has 2 nitrogen and oxygen atoms in total. The van der Waals surface area contributed by atoms with Crippen LogP contribution < -0.4 is 0 Å². The van der Waals surface area contributed by atoms with Crippen LogP contribution in [0.3, 0.4) is 0 Å². The molecule has 2 rings (SSSR count). The monoisotopic (exact) mass is 257 g/mol. The van der Waals surface area contributed by atoms with Crippen LogP contribution in [0, 0.1) is 11.7 Å². The average molecular weight is 257 g/mol. The quantitative estimate of drug-likeness (QED) is 0.782. The third-order valence-corrected chi connectivity index (χ3v) is 2.79. The summed E-state index contributed by atoms with van der Waals surface area (Å²) in [5.41, 5.74) is 1.99. The molecule has 0 amide bonds. The van der Waals surface area contributed by atoms with Gasteiger partial charge in [-0.2, -0.15) is 0 Å². The molecular weight excluding hydrogens is 241 g/mol. The summed E-state index contributed by atoms with van der Waals surface area (Å²) in [6.45, 7) is 4.27. The fraction of sp³-hybridized carbons (Fsp3) is 0.250. The number of hydrogen-bond donors (Lipinski definition) is 0. The van der Waals surface area contributed by atoms with E-state index in [1.165, 1.54) is 12.1 Å². The Balaban J connectivity index is 2.26. The molecule has 0 atom stereocenters. The van der Waals surface area contributed by atoms with E-state index in [0.717, 1.165) is 18.2 Å². The number of nitrogens with zero attached hydrogens (tertiary/aromatic N) is 1. The van der Waals surface area contributed by atoms with Gasteiger partial charge in [-0.15, -0.1) is 0 Å². The standard InChI is InChI=1S/C16H16FNO/c1-11(2)8-12-4-3-5-13(9-12)16(19)15-7-6-14(17)10-18-15/h3-7,9-11H,8H2,1-2H3. The van der Waals surface area contributed by atoms with E-state index >= 15 is 0 Å². The van der Waals surface area contributed by atoms with Crippen molar-refractivity contribution in [1.29, 1.82) is 0 Å². The summed E-state index contributed by atoms with van der Waals surface area (Å²) in [7, 11) is 0. The third-order valence-electron chi connectivity index (χ3n) is 2.79. The van der Waals surface area contributed by atoms with Crippen LogP contribution >= 0.6 is 0 Å². The topological polar surface area (TPSA) is 30.0 Å². The number of rotatable bonds is 4. The fourth-order valence-electron chi connectivity index (χ4n) is 1.97. The van der Waals surface area contributed by atoms with Crippen LogP contribution in [0.5, 0.6) is 0 Å². The fourth-order valence-corrected chi connectivity index (χ4v) is 1.97. The Morgan fingerprint density at radius 3 is 2.68 bits per heavy atom. The summed E-state index contributed by atoms with van der Waals surface area (Å²) < 4.78 is 12.8. The van der Waals surface area contributed by atoms with Gasteiger partial charge in [-0.25, -0.2) is 9.37 Å². The van der Waals surface area contributed by atoms with E-state index in [-0.39, 0.29) is 11.5 Å². The first-order chi connectivity index (χ1) is 9.06. The minimum atomic E-state index is -0.440. The summed E-state index contributed by atoms with van der Waals surface area (Å²) in [6, 6.07) is 10.2. The molecule has 0 bridgehead atoms. The summed E-state index contributed by atoms with van der Waals surface area (Å²) in [4.78, 5) is 16.0. The van der Waals surface area contributed by atoms with Crippen LogP contribution in [0.2, 0.25) is 0 Å². The van der Waals surface area contributed by atoms with Crippen LogP contribution in [0.25, 0.3) is 0 Å². The minimum Gasteiger partial charge on any atom is -0.287 e. The van der Waals surface area contributed by atoms with Gasteiger partial charge >= 0.3 is 0 Å². The number of ketones is 1. The zero-order chi connectivity index (χ0) is 13.8. The molecule has 0 aliphatic heterocycles. The maximum Gasteiger partial charge on any atom is 0.211 e. The first-order valence-corrected chi connectivity index (χ1v) is 6.31. The number of pyridine rings is 1. The lowest BCUT2D eigenvalue weighted by Gasteiger charge is -2.07. The molecule has 98 valence electrons. The highest BCUT2D eigenvalue weighted by Gasteiger charge is 2.11. The van der Waals surface area contributed by atoms with Gasteiger partial charge in [0, 0.05) is 5.56 Å². The Morgan fingerprint density at radius 2 is 2.05 bits per heavy atom. The Hall–Kier alpha value is -2.03. The number of carbonyl (C=O) groups excluding carboxylic acids is 1. The number of benzene rings is 1. The molecule has 1 aromatic carbocycles. The Bertz CT molecular complexity index is 576. The minimum absolute atomic E-state index is 0.175. The van der Waals surface area contributed by atoms with E-state index in [1.54, 1.807) is 6.07 Å². The van der Waals surface area contributed by atoms with Gasteiger partial charge in [-0.05, 0) is 36.1 Å². The van der Waals surface area contributed by atoms with Crippen molar-refractivity contribution in [3.63, 3.8) is 0 Å². The van der Waals surface area contributed by atoms with Crippen molar-refractivity contribution in [3.05, 3.63) is 65.2 Å². The second-order valence-corrected chi connectivity index (χ2v) is 4.99. The van der Waals surface area contributed by atoms with Crippen LogP contribution in [0.4, 0.5) is 4.39 Å². The van der Waals surface area contributed by atoms with Crippen molar-refractivity contribution in [2.24, 2.45) is 5.92 Å². The highest BCUT2D eigenvalue weighted by atomic mass is 19.1. The second-order valence-electron chi connectivity index (χ2n) is 4.99. The van der Waals surface area contributed by atoms with Gasteiger partial charge in [0.05, 0.1) is 6.20 Å². The molecule has 2 aromatic rings. The molecule has 0 aliphatic rings. The highest BCUT2D eigenvalue weighted by molar-refractivity contribution is 6.07. The lowest BCUT2D eigenvalue weighted by molar-refractivity contribution is 0.103. The molecule has 1 heterocycles. The van der Waals surface area contributed by atoms with Crippen molar-refractivity contribution >= 4 is 5.78 Å². The molecule has 1 aromatic heterocycles. The van der Waals surface area contributed by atoms with Crippen LogP contribution in [-0.4, -0.2) is 10.8 Å². The van der Waals surface area contributed by atoms with E-state index in [9.17, 15) is 9.18 Å². The Kier molecular flexibility index (Phi) is 4.05. The first-order valence-electron chi connectivity index (χ1n) is 6.31. The SMILES string of the molecule is CC(C)Cc1cccc(C(=O)c2ccc(F)cn2)c1. The molecule has 0 saturated carbocycles. The van der Waals surface area contributed by atoms with Crippen LogP contribution in [0.1, 0.15) is 35.5 Å². The summed E-state index contributed by atoms with van der Waals surface area (Å²) in [5.74, 6) is -0.0787. The molecule has 0 aliphatic carbocycles. The van der Waals surface area contributed by atoms with E-state index < -0.39 is 5.82 Å².